The van der Waals surface area contributed by atoms with E-state index in [-0.39, 0.29) is 5.63 Å². The lowest BCUT2D eigenvalue weighted by Gasteiger charge is -2.04. The SMILES string of the molecule is CCCCCC(=NCCCC)c1c(C)[nH]oc1=O. The standard InChI is InChI=1S/C14H24N2O2/c1-4-6-8-9-12(15-10-7-5-2)13-11(3)16-18-14(13)17/h16H,4-10H2,1-3H3. The highest BCUT2D eigenvalue weighted by Gasteiger charge is 2.14. The van der Waals surface area contributed by atoms with E-state index in [4.69, 9.17) is 4.52 Å². The van der Waals surface area contributed by atoms with Crippen LogP contribution >= 0.6 is 0 Å². The van der Waals surface area contributed by atoms with Crippen LogP contribution in [0.15, 0.2) is 14.3 Å². The Kier molecular flexibility index (Phi) is 6.47. The maximum absolute atomic E-state index is 11.7. The number of hydrogen-bond donors (Lipinski definition) is 1. The minimum absolute atomic E-state index is 0.292. The molecule has 0 atom stereocenters. The van der Waals surface area contributed by atoms with Crippen LogP contribution in [0.3, 0.4) is 0 Å². The minimum atomic E-state index is -0.292. The summed E-state index contributed by atoms with van der Waals surface area (Å²) in [4.78, 5) is 16.3. The van der Waals surface area contributed by atoms with Crippen LogP contribution in [0.1, 0.15) is 63.6 Å². The maximum Gasteiger partial charge on any atom is 0.366 e. The van der Waals surface area contributed by atoms with Gasteiger partial charge in [0.1, 0.15) is 5.56 Å². The van der Waals surface area contributed by atoms with Crippen LogP contribution in [0.5, 0.6) is 0 Å². The third-order valence-corrected chi connectivity index (χ3v) is 3.00. The Balaban J connectivity index is 2.83. The molecule has 1 N–H and O–H groups in total. The number of nitrogens with zero attached hydrogens (tertiary/aromatic N) is 1. The van der Waals surface area contributed by atoms with Gasteiger partial charge in [-0.15, -0.1) is 0 Å². The largest absolute Gasteiger partial charge is 0.366 e. The second-order valence-electron chi connectivity index (χ2n) is 4.63. The van der Waals surface area contributed by atoms with Crippen molar-refractivity contribution in [3.63, 3.8) is 0 Å². The molecule has 0 aliphatic rings. The number of unbranched alkanes of at least 4 members (excludes halogenated alkanes) is 3. The molecule has 0 aliphatic heterocycles. The molecule has 1 aromatic heterocycles. The van der Waals surface area contributed by atoms with Crippen molar-refractivity contribution in [3.8, 4) is 0 Å². The molecule has 0 bridgehead atoms. The van der Waals surface area contributed by atoms with E-state index < -0.39 is 0 Å². The quantitative estimate of drug-likeness (QED) is 0.569. The predicted molar refractivity (Wildman–Crippen MR) is 74.5 cm³/mol. The first kappa shape index (κ1) is 14.7. The van der Waals surface area contributed by atoms with Crippen molar-refractivity contribution in [2.24, 2.45) is 4.99 Å². The van der Waals surface area contributed by atoms with Gasteiger partial charge in [-0.3, -0.25) is 4.99 Å². The smallest absolute Gasteiger partial charge is 0.338 e. The molecule has 0 saturated carbocycles. The molecule has 0 radical (unpaired) electrons. The van der Waals surface area contributed by atoms with Gasteiger partial charge in [0.25, 0.3) is 0 Å². The van der Waals surface area contributed by atoms with Crippen LogP contribution in [0.4, 0.5) is 0 Å². The van der Waals surface area contributed by atoms with Crippen molar-refractivity contribution in [1.82, 2.24) is 5.16 Å². The van der Waals surface area contributed by atoms with Gasteiger partial charge in [0.15, 0.2) is 0 Å². The van der Waals surface area contributed by atoms with E-state index in [1.807, 2.05) is 6.92 Å². The van der Waals surface area contributed by atoms with Crippen LogP contribution in [0.25, 0.3) is 0 Å². The maximum atomic E-state index is 11.7. The number of aromatic amines is 1. The molecule has 0 spiro atoms. The zero-order valence-electron chi connectivity index (χ0n) is 11.7. The van der Waals surface area contributed by atoms with Crippen molar-refractivity contribution in [2.75, 3.05) is 6.54 Å². The van der Waals surface area contributed by atoms with Crippen LogP contribution < -0.4 is 5.63 Å². The number of aromatic nitrogens is 1. The van der Waals surface area contributed by atoms with Gasteiger partial charge in [0.2, 0.25) is 0 Å². The van der Waals surface area contributed by atoms with Gasteiger partial charge in [-0.25, -0.2) is 9.95 Å². The number of nitrogens with one attached hydrogen (secondary N) is 1. The molecule has 18 heavy (non-hydrogen) atoms. The van der Waals surface area contributed by atoms with Crippen LogP contribution in [-0.2, 0) is 0 Å². The fraction of sp³-hybridized carbons (Fsp3) is 0.714. The molecule has 0 fully saturated rings. The topological polar surface area (TPSA) is 58.4 Å². The lowest BCUT2D eigenvalue weighted by Crippen LogP contribution is -2.13. The summed E-state index contributed by atoms with van der Waals surface area (Å²) in [5, 5.41) is 2.63. The summed E-state index contributed by atoms with van der Waals surface area (Å²) < 4.78 is 4.83. The summed E-state index contributed by atoms with van der Waals surface area (Å²) in [6.07, 6.45) is 6.45. The third kappa shape index (κ3) is 4.17. The Labute approximate surface area is 108 Å². The number of aryl methyl sites for hydroxylation is 1. The number of hydrogen-bond acceptors (Lipinski definition) is 3. The Bertz CT molecular complexity index is 429. The Morgan fingerprint density at radius 1 is 1.22 bits per heavy atom. The number of rotatable bonds is 8. The van der Waals surface area contributed by atoms with Crippen LogP contribution in [0, 0.1) is 6.92 Å². The first-order valence-electron chi connectivity index (χ1n) is 6.92. The lowest BCUT2D eigenvalue weighted by molar-refractivity contribution is 0.387. The second kappa shape index (κ2) is 7.90. The molecular weight excluding hydrogens is 228 g/mol. The normalized spacial score (nSPS) is 12.1. The van der Waals surface area contributed by atoms with E-state index in [1.165, 1.54) is 12.8 Å². The molecule has 0 unspecified atom stereocenters. The summed E-state index contributed by atoms with van der Waals surface area (Å²) in [6, 6.07) is 0. The van der Waals surface area contributed by atoms with Crippen LogP contribution in [0.2, 0.25) is 0 Å². The molecule has 102 valence electrons. The third-order valence-electron chi connectivity index (χ3n) is 3.00. The van der Waals surface area contributed by atoms with Gasteiger partial charge >= 0.3 is 5.63 Å². The Morgan fingerprint density at radius 3 is 2.50 bits per heavy atom. The molecule has 0 saturated heterocycles. The summed E-state index contributed by atoms with van der Waals surface area (Å²) in [5.74, 6) is 0. The molecule has 1 heterocycles. The average molecular weight is 252 g/mol. The summed E-state index contributed by atoms with van der Waals surface area (Å²) in [7, 11) is 0. The minimum Gasteiger partial charge on any atom is -0.338 e. The molecule has 1 aromatic rings. The van der Waals surface area contributed by atoms with E-state index in [9.17, 15) is 4.79 Å². The number of aliphatic imine (C=N–C) groups is 1. The van der Waals surface area contributed by atoms with Crippen molar-refractivity contribution in [2.45, 2.75) is 59.3 Å². The van der Waals surface area contributed by atoms with E-state index in [2.05, 4.69) is 24.0 Å². The average Bonchev–Trinajstić information content (AvgIpc) is 2.68. The first-order valence-corrected chi connectivity index (χ1v) is 6.92. The Hall–Kier alpha value is -1.32. The molecule has 0 aliphatic carbocycles. The van der Waals surface area contributed by atoms with E-state index in [1.54, 1.807) is 0 Å². The lowest BCUT2D eigenvalue weighted by atomic mass is 10.0. The van der Waals surface area contributed by atoms with Crippen LogP contribution in [-0.4, -0.2) is 17.4 Å². The van der Waals surface area contributed by atoms with E-state index in [0.29, 0.717) is 5.56 Å². The van der Waals surface area contributed by atoms with Crippen molar-refractivity contribution < 1.29 is 4.52 Å². The molecule has 0 amide bonds. The molecular formula is C14H24N2O2. The molecule has 4 heteroatoms. The Morgan fingerprint density at radius 2 is 1.94 bits per heavy atom. The molecule has 0 aromatic carbocycles. The highest BCUT2D eigenvalue weighted by Crippen LogP contribution is 2.10. The van der Waals surface area contributed by atoms with E-state index in [0.717, 1.165) is 43.6 Å². The van der Waals surface area contributed by atoms with Crippen molar-refractivity contribution >= 4 is 5.71 Å². The zero-order chi connectivity index (χ0) is 13.4. The molecule has 4 nitrogen and oxygen atoms in total. The first-order chi connectivity index (χ1) is 8.70. The van der Waals surface area contributed by atoms with Gasteiger partial charge in [-0.05, 0) is 26.2 Å². The summed E-state index contributed by atoms with van der Waals surface area (Å²) >= 11 is 0. The zero-order valence-corrected chi connectivity index (χ0v) is 11.7. The fourth-order valence-electron chi connectivity index (χ4n) is 1.91. The fourth-order valence-corrected chi connectivity index (χ4v) is 1.91. The highest BCUT2D eigenvalue weighted by molar-refractivity contribution is 6.01. The van der Waals surface area contributed by atoms with Gasteiger partial charge in [0, 0.05) is 6.54 Å². The summed E-state index contributed by atoms with van der Waals surface area (Å²) in [5.41, 5.74) is 2.04. The van der Waals surface area contributed by atoms with E-state index >= 15 is 0 Å². The summed E-state index contributed by atoms with van der Waals surface area (Å²) in [6.45, 7) is 6.96. The van der Waals surface area contributed by atoms with Crippen molar-refractivity contribution in [1.29, 1.82) is 0 Å². The number of H-pyrrole nitrogens is 1. The second-order valence-corrected chi connectivity index (χ2v) is 4.63. The van der Waals surface area contributed by atoms with Gasteiger partial charge < -0.3 is 4.52 Å². The van der Waals surface area contributed by atoms with Gasteiger partial charge in [0.05, 0.1) is 11.4 Å². The monoisotopic (exact) mass is 252 g/mol. The van der Waals surface area contributed by atoms with Gasteiger partial charge in [-0.2, -0.15) is 0 Å². The highest BCUT2D eigenvalue weighted by atomic mass is 16.5. The predicted octanol–water partition coefficient (Wildman–Crippen LogP) is 3.45. The van der Waals surface area contributed by atoms with Crippen molar-refractivity contribution in [3.05, 3.63) is 21.7 Å². The molecule has 1 rings (SSSR count). The van der Waals surface area contributed by atoms with Gasteiger partial charge in [-0.1, -0.05) is 33.1 Å².